The minimum atomic E-state index is 0.0375. The van der Waals surface area contributed by atoms with Crippen molar-refractivity contribution in [3.05, 3.63) is 59.9 Å². The maximum atomic E-state index is 12.3. The number of carbonyl (C=O) groups excluding carboxylic acids is 1. The van der Waals surface area contributed by atoms with Crippen molar-refractivity contribution in [3.8, 4) is 5.75 Å². The van der Waals surface area contributed by atoms with Gasteiger partial charge in [0.1, 0.15) is 5.75 Å². The van der Waals surface area contributed by atoms with E-state index in [1.807, 2.05) is 30.3 Å². The third-order valence-corrected chi connectivity index (χ3v) is 4.38. The summed E-state index contributed by atoms with van der Waals surface area (Å²) in [5, 5.41) is 2.95. The lowest BCUT2D eigenvalue weighted by Gasteiger charge is -2.24. The van der Waals surface area contributed by atoms with Crippen LogP contribution in [0.25, 0.3) is 0 Å². The van der Waals surface area contributed by atoms with Crippen molar-refractivity contribution in [1.82, 2.24) is 15.2 Å². The molecule has 1 fully saturated rings. The van der Waals surface area contributed by atoms with Gasteiger partial charge in [-0.25, -0.2) is 0 Å². The summed E-state index contributed by atoms with van der Waals surface area (Å²) in [4.78, 5) is 18.7. The quantitative estimate of drug-likeness (QED) is 0.887. The van der Waals surface area contributed by atoms with Crippen molar-refractivity contribution in [2.75, 3.05) is 20.2 Å². The Kier molecular flexibility index (Phi) is 5.43. The highest BCUT2D eigenvalue weighted by atomic mass is 16.5. The van der Waals surface area contributed by atoms with Crippen LogP contribution in [-0.4, -0.2) is 36.0 Å². The minimum absolute atomic E-state index is 0.0375. The van der Waals surface area contributed by atoms with Gasteiger partial charge in [-0.2, -0.15) is 0 Å². The Bertz CT molecular complexity index is 675. The zero-order chi connectivity index (χ0) is 16.8. The normalized spacial score (nSPS) is 17.6. The number of aromatic nitrogens is 1. The predicted octanol–water partition coefficient (Wildman–Crippen LogP) is 2.54. The van der Waals surface area contributed by atoms with Crippen molar-refractivity contribution in [2.24, 2.45) is 0 Å². The molecule has 126 valence electrons. The molecule has 1 amide bonds. The van der Waals surface area contributed by atoms with Crippen molar-refractivity contribution < 1.29 is 9.53 Å². The van der Waals surface area contributed by atoms with Gasteiger partial charge in [0, 0.05) is 12.2 Å². The highest BCUT2D eigenvalue weighted by molar-refractivity contribution is 5.78. The fraction of sp³-hybridized carbons (Fsp3) is 0.368. The first-order valence-corrected chi connectivity index (χ1v) is 8.31. The average Bonchev–Trinajstić information content (AvgIpc) is 3.09. The lowest BCUT2D eigenvalue weighted by atomic mass is 10.0. The minimum Gasteiger partial charge on any atom is -0.497 e. The van der Waals surface area contributed by atoms with Crippen LogP contribution in [0.2, 0.25) is 0 Å². The van der Waals surface area contributed by atoms with Gasteiger partial charge in [0.15, 0.2) is 0 Å². The predicted molar refractivity (Wildman–Crippen MR) is 92.6 cm³/mol. The van der Waals surface area contributed by atoms with Crippen LogP contribution in [0.5, 0.6) is 5.75 Å². The number of ether oxygens (including phenoxy) is 1. The molecule has 0 aliphatic carbocycles. The summed E-state index contributed by atoms with van der Waals surface area (Å²) in [7, 11) is 1.68. The highest BCUT2D eigenvalue weighted by Crippen LogP contribution is 2.32. The van der Waals surface area contributed by atoms with Crippen LogP contribution < -0.4 is 10.1 Å². The molecule has 1 aromatic heterocycles. The number of pyridine rings is 1. The van der Waals surface area contributed by atoms with Gasteiger partial charge < -0.3 is 10.1 Å². The largest absolute Gasteiger partial charge is 0.497 e. The van der Waals surface area contributed by atoms with Crippen LogP contribution in [0.15, 0.2) is 48.7 Å². The number of nitrogens with one attached hydrogen (secondary N) is 1. The number of amides is 1. The van der Waals surface area contributed by atoms with Gasteiger partial charge in [-0.05, 0) is 49.2 Å². The van der Waals surface area contributed by atoms with E-state index in [0.29, 0.717) is 13.1 Å². The molecule has 0 spiro atoms. The molecule has 2 heterocycles. The van der Waals surface area contributed by atoms with Crippen LogP contribution in [0.3, 0.4) is 0 Å². The lowest BCUT2D eigenvalue weighted by molar-refractivity contribution is -0.122. The molecule has 0 unspecified atom stereocenters. The molecule has 1 aliphatic rings. The first-order chi connectivity index (χ1) is 11.8. The van der Waals surface area contributed by atoms with E-state index >= 15 is 0 Å². The van der Waals surface area contributed by atoms with Gasteiger partial charge >= 0.3 is 0 Å². The van der Waals surface area contributed by atoms with Crippen molar-refractivity contribution >= 4 is 5.91 Å². The second kappa shape index (κ2) is 7.93. The van der Waals surface area contributed by atoms with Gasteiger partial charge in [-0.1, -0.05) is 18.2 Å². The first-order valence-electron chi connectivity index (χ1n) is 8.31. The Balaban J connectivity index is 1.58. The molecular weight excluding hydrogens is 302 g/mol. The second-order valence-electron chi connectivity index (χ2n) is 6.00. The molecule has 1 atom stereocenters. The maximum Gasteiger partial charge on any atom is 0.234 e. The Hall–Kier alpha value is -2.40. The standard InChI is InChI=1S/C19H23N3O2/c1-24-17-8-4-6-15(12-17)18-9-5-11-22(18)14-19(23)21-13-16-7-2-3-10-20-16/h2-4,6-8,10,12,18H,5,9,11,13-14H2,1H3,(H,21,23)/t18-/m1/s1. The Morgan fingerprint density at radius 1 is 1.33 bits per heavy atom. The number of methoxy groups -OCH3 is 1. The molecule has 1 aliphatic heterocycles. The van der Waals surface area contributed by atoms with E-state index in [4.69, 9.17) is 4.74 Å². The summed E-state index contributed by atoms with van der Waals surface area (Å²) in [6.45, 7) is 1.82. The number of hydrogen-bond acceptors (Lipinski definition) is 4. The number of hydrogen-bond donors (Lipinski definition) is 1. The van der Waals surface area contributed by atoms with E-state index in [0.717, 1.165) is 30.8 Å². The van der Waals surface area contributed by atoms with Crippen LogP contribution in [0.1, 0.15) is 30.1 Å². The van der Waals surface area contributed by atoms with Gasteiger partial charge in [0.2, 0.25) is 5.91 Å². The van der Waals surface area contributed by atoms with Crippen LogP contribution >= 0.6 is 0 Å². The number of likely N-dealkylation sites (tertiary alicyclic amines) is 1. The molecule has 2 aromatic rings. The zero-order valence-corrected chi connectivity index (χ0v) is 13.9. The first kappa shape index (κ1) is 16.5. The number of benzene rings is 1. The summed E-state index contributed by atoms with van der Waals surface area (Å²) in [5.41, 5.74) is 2.08. The lowest BCUT2D eigenvalue weighted by Crippen LogP contribution is -2.36. The van der Waals surface area contributed by atoms with Crippen LogP contribution in [0.4, 0.5) is 0 Å². The fourth-order valence-electron chi connectivity index (χ4n) is 3.17. The molecule has 1 aromatic carbocycles. The van der Waals surface area contributed by atoms with Crippen LogP contribution in [0, 0.1) is 0 Å². The molecule has 5 heteroatoms. The smallest absolute Gasteiger partial charge is 0.234 e. The maximum absolute atomic E-state index is 12.3. The van der Waals surface area contributed by atoms with Gasteiger partial charge in [0.25, 0.3) is 0 Å². The van der Waals surface area contributed by atoms with Gasteiger partial charge in [0.05, 0.1) is 25.9 Å². The summed E-state index contributed by atoms with van der Waals surface area (Å²) in [5.74, 6) is 0.898. The fourth-order valence-corrected chi connectivity index (χ4v) is 3.17. The van der Waals surface area contributed by atoms with Gasteiger partial charge in [-0.3, -0.25) is 14.7 Å². The Labute approximate surface area is 142 Å². The number of carbonyl (C=O) groups is 1. The van der Waals surface area contributed by atoms with Crippen molar-refractivity contribution in [3.63, 3.8) is 0 Å². The van der Waals surface area contributed by atoms with Crippen molar-refractivity contribution in [2.45, 2.75) is 25.4 Å². The van der Waals surface area contributed by atoms with E-state index in [1.54, 1.807) is 13.3 Å². The van der Waals surface area contributed by atoms with E-state index in [9.17, 15) is 4.79 Å². The third-order valence-electron chi connectivity index (χ3n) is 4.38. The Morgan fingerprint density at radius 3 is 3.04 bits per heavy atom. The monoisotopic (exact) mass is 325 g/mol. The molecule has 3 rings (SSSR count). The molecule has 24 heavy (non-hydrogen) atoms. The molecule has 0 radical (unpaired) electrons. The van der Waals surface area contributed by atoms with E-state index < -0.39 is 0 Å². The molecule has 0 bridgehead atoms. The molecule has 0 saturated carbocycles. The summed E-state index contributed by atoms with van der Waals surface area (Å²) in [6, 6.07) is 14.1. The molecule has 5 nitrogen and oxygen atoms in total. The van der Waals surface area contributed by atoms with E-state index in [2.05, 4.69) is 27.3 Å². The van der Waals surface area contributed by atoms with E-state index in [-0.39, 0.29) is 11.9 Å². The van der Waals surface area contributed by atoms with Gasteiger partial charge in [-0.15, -0.1) is 0 Å². The summed E-state index contributed by atoms with van der Waals surface area (Å²) < 4.78 is 5.31. The topological polar surface area (TPSA) is 54.5 Å². The number of rotatable bonds is 6. The highest BCUT2D eigenvalue weighted by Gasteiger charge is 2.27. The summed E-state index contributed by atoms with van der Waals surface area (Å²) >= 11 is 0. The molecule has 1 N–H and O–H groups in total. The third kappa shape index (κ3) is 4.11. The number of nitrogens with zero attached hydrogens (tertiary/aromatic N) is 2. The molecular formula is C19H23N3O2. The Morgan fingerprint density at radius 2 is 2.25 bits per heavy atom. The molecule has 1 saturated heterocycles. The second-order valence-corrected chi connectivity index (χ2v) is 6.00. The van der Waals surface area contributed by atoms with Crippen molar-refractivity contribution in [1.29, 1.82) is 0 Å². The van der Waals surface area contributed by atoms with E-state index in [1.165, 1.54) is 5.56 Å². The average molecular weight is 325 g/mol. The van der Waals surface area contributed by atoms with Crippen LogP contribution in [-0.2, 0) is 11.3 Å². The SMILES string of the molecule is COc1cccc([C@H]2CCCN2CC(=O)NCc2ccccn2)c1. The summed E-state index contributed by atoms with van der Waals surface area (Å²) in [6.07, 6.45) is 3.91. The zero-order valence-electron chi connectivity index (χ0n) is 13.9.